The van der Waals surface area contributed by atoms with Gasteiger partial charge in [-0.15, -0.1) is 0 Å². The summed E-state index contributed by atoms with van der Waals surface area (Å²) in [6.07, 6.45) is 3.76. The van der Waals surface area contributed by atoms with E-state index in [0.29, 0.717) is 28.5 Å². The van der Waals surface area contributed by atoms with Crippen LogP contribution in [0.5, 0.6) is 11.5 Å². The summed E-state index contributed by atoms with van der Waals surface area (Å²) in [4.78, 5) is 40.2. The van der Waals surface area contributed by atoms with Gasteiger partial charge in [-0.1, -0.05) is 27.7 Å². The Morgan fingerprint density at radius 1 is 1.00 bits per heavy atom. The van der Waals surface area contributed by atoms with Crippen LogP contribution >= 0.6 is 0 Å². The minimum Gasteiger partial charge on any atom is -0.495 e. The molecule has 0 spiro atoms. The van der Waals surface area contributed by atoms with E-state index in [4.69, 9.17) is 9.47 Å². The van der Waals surface area contributed by atoms with E-state index >= 15 is 0 Å². The first-order valence-corrected chi connectivity index (χ1v) is 18.0. The van der Waals surface area contributed by atoms with E-state index in [2.05, 4.69) is 87.4 Å². The van der Waals surface area contributed by atoms with Gasteiger partial charge in [-0.2, -0.15) is 5.26 Å². The Balaban J connectivity index is 1.08. The normalized spacial score (nSPS) is 22.1. The molecular weight excluding hydrogens is 658 g/mol. The largest absolute Gasteiger partial charge is 0.495 e. The van der Waals surface area contributed by atoms with E-state index in [1.165, 1.54) is 14.2 Å². The maximum Gasteiger partial charge on any atom is 0.376 e. The molecule has 278 valence electrons. The molecule has 2 aromatic carbocycles. The Labute approximate surface area is 308 Å². The van der Waals surface area contributed by atoms with Crippen LogP contribution in [0.1, 0.15) is 63.4 Å². The van der Waals surface area contributed by atoms with Crippen LogP contribution in [-0.4, -0.2) is 106 Å². The predicted molar refractivity (Wildman–Crippen MR) is 203 cm³/mol. The number of rotatable bonds is 10. The van der Waals surface area contributed by atoms with E-state index in [1.54, 1.807) is 24.4 Å². The van der Waals surface area contributed by atoms with E-state index in [1.807, 2.05) is 19.1 Å². The molecule has 1 aliphatic carbocycles. The molecule has 0 aromatic heterocycles. The van der Waals surface area contributed by atoms with E-state index in [0.717, 1.165) is 70.0 Å². The number of amides is 1. The lowest BCUT2D eigenvalue weighted by Crippen LogP contribution is -2.74. The van der Waals surface area contributed by atoms with Crippen molar-refractivity contribution in [2.75, 3.05) is 64.9 Å². The highest BCUT2D eigenvalue weighted by atomic mass is 16.5. The van der Waals surface area contributed by atoms with E-state index < -0.39 is 5.97 Å². The number of esters is 1. The summed E-state index contributed by atoms with van der Waals surface area (Å²) in [6, 6.07) is 15.3. The molecule has 0 atom stereocenters. The minimum absolute atomic E-state index is 0.0458. The molecule has 52 heavy (non-hydrogen) atoms. The first-order chi connectivity index (χ1) is 24.8. The SMILES string of the molecule is C=N/C(=N\C=C(/C)N1CCN(CC2CCN(c3ccc(C(=O)N[C@H]4C(C)(C)[C@H](Oc5ccc(C#N)c(OC)c5)C4(C)C)cc3)CC2)CC1)C(=O)OC. The summed E-state index contributed by atoms with van der Waals surface area (Å²) in [6.45, 7) is 20.7. The van der Waals surface area contributed by atoms with Gasteiger partial charge in [-0.25, -0.2) is 14.8 Å². The highest BCUT2D eigenvalue weighted by molar-refractivity contribution is 6.36. The fourth-order valence-corrected chi connectivity index (χ4v) is 8.32. The number of piperidine rings is 1. The zero-order chi connectivity index (χ0) is 37.6. The van der Waals surface area contributed by atoms with Gasteiger partial charge in [0.05, 0.1) is 19.8 Å². The Bertz CT molecular complexity index is 1700. The zero-order valence-electron chi connectivity index (χ0n) is 31.6. The third-order valence-corrected chi connectivity index (χ3v) is 11.1. The number of nitrogens with zero attached hydrogens (tertiary/aromatic N) is 6. The monoisotopic (exact) mass is 711 g/mol. The number of hydrogen-bond acceptors (Lipinski definition) is 10. The van der Waals surface area contributed by atoms with E-state index in [-0.39, 0.29) is 34.7 Å². The molecule has 12 nitrogen and oxygen atoms in total. The van der Waals surface area contributed by atoms with Gasteiger partial charge in [-0.3, -0.25) is 9.69 Å². The Kier molecular flexibility index (Phi) is 11.9. The molecule has 0 bridgehead atoms. The van der Waals surface area contributed by atoms with Crippen LogP contribution in [0.3, 0.4) is 0 Å². The summed E-state index contributed by atoms with van der Waals surface area (Å²) in [5.74, 6) is 1.03. The lowest BCUT2D eigenvalue weighted by molar-refractivity contribution is -0.164. The Hall–Kier alpha value is -4.89. The fourth-order valence-electron chi connectivity index (χ4n) is 8.32. The number of methoxy groups -OCH3 is 2. The maximum absolute atomic E-state index is 13.5. The van der Waals surface area contributed by atoms with Gasteiger partial charge in [-0.05, 0) is 68.8 Å². The van der Waals surface area contributed by atoms with Crippen LogP contribution in [0.25, 0.3) is 0 Å². The number of anilines is 1. The van der Waals surface area contributed by atoms with Crippen LogP contribution in [0, 0.1) is 28.1 Å². The second-order valence-electron chi connectivity index (χ2n) is 15.2. The van der Waals surface area contributed by atoms with Crippen molar-refractivity contribution in [2.24, 2.45) is 26.7 Å². The van der Waals surface area contributed by atoms with Gasteiger partial charge in [0.2, 0.25) is 5.84 Å². The topological polar surface area (TPSA) is 132 Å². The molecule has 5 rings (SSSR count). The number of piperazine rings is 1. The summed E-state index contributed by atoms with van der Waals surface area (Å²) in [7, 11) is 2.84. The smallest absolute Gasteiger partial charge is 0.376 e. The molecule has 12 heteroatoms. The quantitative estimate of drug-likeness (QED) is 0.202. The number of hydrogen-bond donors (Lipinski definition) is 1. The van der Waals surface area contributed by atoms with Crippen molar-refractivity contribution in [1.29, 1.82) is 5.26 Å². The summed E-state index contributed by atoms with van der Waals surface area (Å²) in [5.41, 5.74) is 2.57. The molecule has 3 aliphatic rings. The fraction of sp³-hybridized carbons (Fsp3) is 0.525. The van der Waals surface area contributed by atoms with Gasteiger partial charge in [0.25, 0.3) is 5.91 Å². The van der Waals surface area contributed by atoms with Crippen molar-refractivity contribution in [1.82, 2.24) is 15.1 Å². The van der Waals surface area contributed by atoms with Gasteiger partial charge < -0.3 is 29.3 Å². The molecule has 0 unspecified atom stereocenters. The van der Waals surface area contributed by atoms with Gasteiger partial charge in [0.15, 0.2) is 0 Å². The number of aliphatic imine (C=N–C) groups is 2. The zero-order valence-corrected chi connectivity index (χ0v) is 31.6. The second kappa shape index (κ2) is 16.2. The third-order valence-electron chi connectivity index (χ3n) is 11.1. The average molecular weight is 712 g/mol. The standard InChI is InChI=1S/C40H53N7O5/c1-27(25-43-34(42-6)36(49)51-8)46-21-19-45(20-22-46)26-28-15-17-47(18-16-28)31-12-9-29(10-13-31)35(48)44-37-39(2,3)38(40(37,4)5)52-32-14-11-30(24-41)33(23-32)50-7/h9-14,23,25,28,37-38H,6,15-22,26H2,1-5,7-8H3,(H,44,48)/b27-25+,43-34-/t37-,38-. The Morgan fingerprint density at radius 3 is 2.23 bits per heavy atom. The second-order valence-corrected chi connectivity index (χ2v) is 15.2. The van der Waals surface area contributed by atoms with Crippen LogP contribution in [0.15, 0.2) is 64.3 Å². The first kappa shape index (κ1) is 38.3. The Morgan fingerprint density at radius 2 is 1.65 bits per heavy atom. The third kappa shape index (κ3) is 8.26. The number of benzene rings is 2. The first-order valence-electron chi connectivity index (χ1n) is 18.0. The number of allylic oxidation sites excluding steroid dienone is 1. The minimum atomic E-state index is -0.599. The molecule has 0 radical (unpaired) electrons. The number of nitrogens with one attached hydrogen (secondary N) is 1. The number of amidine groups is 1. The molecule has 2 heterocycles. The predicted octanol–water partition coefficient (Wildman–Crippen LogP) is 5.15. The van der Waals surface area contributed by atoms with Crippen molar-refractivity contribution in [3.05, 3.63) is 65.5 Å². The van der Waals surface area contributed by atoms with Crippen LogP contribution in [0.4, 0.5) is 5.69 Å². The highest BCUT2D eigenvalue weighted by Crippen LogP contribution is 2.55. The number of carbonyl (C=O) groups excluding carboxylic acids is 2. The number of carbonyl (C=O) groups is 2. The van der Waals surface area contributed by atoms with Crippen molar-refractivity contribution >= 4 is 30.1 Å². The van der Waals surface area contributed by atoms with Crippen molar-refractivity contribution in [3.8, 4) is 17.6 Å². The summed E-state index contributed by atoms with van der Waals surface area (Å²) >= 11 is 0. The van der Waals surface area contributed by atoms with Crippen LogP contribution in [-0.2, 0) is 9.53 Å². The molecular formula is C40H53N7O5. The lowest BCUT2D eigenvalue weighted by Gasteiger charge is -2.63. The molecule has 2 saturated heterocycles. The number of ether oxygens (including phenoxy) is 3. The van der Waals surface area contributed by atoms with E-state index in [9.17, 15) is 14.9 Å². The molecule has 1 amide bonds. The van der Waals surface area contributed by atoms with Gasteiger partial charge in [0.1, 0.15) is 23.7 Å². The van der Waals surface area contributed by atoms with Crippen molar-refractivity contribution in [2.45, 2.75) is 59.6 Å². The van der Waals surface area contributed by atoms with Crippen molar-refractivity contribution < 1.29 is 23.8 Å². The van der Waals surface area contributed by atoms with Crippen molar-refractivity contribution in [3.63, 3.8) is 0 Å². The maximum atomic E-state index is 13.5. The van der Waals surface area contributed by atoms with Crippen LogP contribution in [0.2, 0.25) is 0 Å². The number of nitriles is 1. The molecule has 2 aromatic rings. The highest BCUT2D eigenvalue weighted by Gasteiger charge is 2.64. The van der Waals surface area contributed by atoms with Gasteiger partial charge in [0, 0.05) is 91.9 Å². The van der Waals surface area contributed by atoms with Gasteiger partial charge >= 0.3 is 5.97 Å². The summed E-state index contributed by atoms with van der Waals surface area (Å²) < 4.78 is 16.5. The molecule has 3 fully saturated rings. The average Bonchev–Trinajstić information content (AvgIpc) is 3.16. The molecule has 2 aliphatic heterocycles. The molecule has 1 N–H and O–H groups in total. The molecule has 1 saturated carbocycles. The lowest BCUT2D eigenvalue weighted by atomic mass is 9.49. The summed E-state index contributed by atoms with van der Waals surface area (Å²) in [5, 5.41) is 12.6. The van der Waals surface area contributed by atoms with Crippen LogP contribution < -0.4 is 19.7 Å².